The van der Waals surface area contributed by atoms with Gasteiger partial charge in [-0.15, -0.1) is 0 Å². The Bertz CT molecular complexity index is 379. The van der Waals surface area contributed by atoms with Gasteiger partial charge in [0.1, 0.15) is 0 Å². The van der Waals surface area contributed by atoms with E-state index in [0.29, 0.717) is 6.04 Å². The first-order valence-electron chi connectivity index (χ1n) is 7.10. The molecule has 98 valence electrons. The van der Waals surface area contributed by atoms with Gasteiger partial charge < -0.3 is 10.2 Å². The summed E-state index contributed by atoms with van der Waals surface area (Å²) >= 11 is 0. The summed E-state index contributed by atoms with van der Waals surface area (Å²) in [4.78, 5) is 11.2. The highest BCUT2D eigenvalue weighted by Gasteiger charge is 2.22. The van der Waals surface area contributed by atoms with Gasteiger partial charge >= 0.3 is 0 Å². The highest BCUT2D eigenvalue weighted by Crippen LogP contribution is 2.24. The Morgan fingerprint density at radius 1 is 1.17 bits per heavy atom. The second-order valence-corrected chi connectivity index (χ2v) is 5.60. The van der Waals surface area contributed by atoms with Crippen molar-refractivity contribution in [1.82, 2.24) is 15.3 Å². The van der Waals surface area contributed by atoms with Gasteiger partial charge in [-0.1, -0.05) is 12.8 Å². The molecule has 1 aromatic heterocycles. The smallest absolute Gasteiger partial charge is 0.225 e. The molecule has 0 unspecified atom stereocenters. The Balaban J connectivity index is 1.58. The SMILES string of the molecule is CN(c1ncc(CNC2CC2)cn1)C1CCCC1. The number of anilines is 1. The summed E-state index contributed by atoms with van der Waals surface area (Å²) < 4.78 is 0. The molecule has 0 aromatic carbocycles. The molecule has 0 saturated heterocycles. The van der Waals surface area contributed by atoms with Crippen LogP contribution in [0.1, 0.15) is 44.1 Å². The number of rotatable bonds is 5. The molecule has 4 nitrogen and oxygen atoms in total. The van der Waals surface area contributed by atoms with E-state index in [2.05, 4.69) is 27.2 Å². The lowest BCUT2D eigenvalue weighted by Crippen LogP contribution is -2.30. The molecule has 0 bridgehead atoms. The fourth-order valence-corrected chi connectivity index (χ4v) is 2.63. The second-order valence-electron chi connectivity index (χ2n) is 5.60. The largest absolute Gasteiger partial charge is 0.341 e. The van der Waals surface area contributed by atoms with Crippen LogP contribution in [0.15, 0.2) is 12.4 Å². The lowest BCUT2D eigenvalue weighted by atomic mass is 10.2. The summed E-state index contributed by atoms with van der Waals surface area (Å²) in [5, 5.41) is 3.48. The van der Waals surface area contributed by atoms with Crippen molar-refractivity contribution in [2.45, 2.75) is 57.2 Å². The van der Waals surface area contributed by atoms with Crippen LogP contribution in [0.25, 0.3) is 0 Å². The minimum Gasteiger partial charge on any atom is -0.341 e. The van der Waals surface area contributed by atoms with E-state index in [4.69, 9.17) is 0 Å². The van der Waals surface area contributed by atoms with Gasteiger partial charge in [0.2, 0.25) is 5.95 Å². The molecule has 18 heavy (non-hydrogen) atoms. The van der Waals surface area contributed by atoms with Crippen LogP contribution in [0.4, 0.5) is 5.95 Å². The van der Waals surface area contributed by atoms with Gasteiger partial charge in [0.05, 0.1) is 0 Å². The maximum atomic E-state index is 4.50. The van der Waals surface area contributed by atoms with Gasteiger partial charge in [-0.25, -0.2) is 9.97 Å². The van der Waals surface area contributed by atoms with Crippen molar-refractivity contribution in [2.75, 3.05) is 11.9 Å². The lowest BCUT2D eigenvalue weighted by molar-refractivity contribution is 0.635. The van der Waals surface area contributed by atoms with E-state index < -0.39 is 0 Å². The minimum atomic E-state index is 0.639. The first kappa shape index (κ1) is 11.9. The Morgan fingerprint density at radius 3 is 2.44 bits per heavy atom. The standard InChI is InChI=1S/C14H22N4/c1-18(13-4-2-3-5-13)14-16-9-11(10-17-14)8-15-12-6-7-12/h9-10,12-13,15H,2-8H2,1H3. The molecule has 2 aliphatic carbocycles. The quantitative estimate of drug-likeness (QED) is 0.864. The van der Waals surface area contributed by atoms with Crippen molar-refractivity contribution >= 4 is 5.95 Å². The first-order valence-corrected chi connectivity index (χ1v) is 7.10. The van der Waals surface area contributed by atoms with Gasteiger partial charge in [-0.3, -0.25) is 0 Å². The maximum absolute atomic E-state index is 4.50. The predicted molar refractivity (Wildman–Crippen MR) is 72.6 cm³/mol. The van der Waals surface area contributed by atoms with Gasteiger partial charge in [-0.2, -0.15) is 0 Å². The zero-order chi connectivity index (χ0) is 12.4. The fraction of sp³-hybridized carbons (Fsp3) is 0.714. The monoisotopic (exact) mass is 246 g/mol. The summed E-state index contributed by atoms with van der Waals surface area (Å²) in [5.74, 6) is 0.872. The highest BCUT2D eigenvalue weighted by atomic mass is 15.2. The average Bonchev–Trinajstić information content (AvgIpc) is 3.08. The van der Waals surface area contributed by atoms with Crippen LogP contribution in [-0.2, 0) is 6.54 Å². The molecule has 4 heteroatoms. The molecule has 2 aliphatic rings. The number of hydrogen-bond donors (Lipinski definition) is 1. The van der Waals surface area contributed by atoms with Crippen molar-refractivity contribution in [3.05, 3.63) is 18.0 Å². The molecule has 0 radical (unpaired) electrons. The maximum Gasteiger partial charge on any atom is 0.225 e. The predicted octanol–water partition coefficient (Wildman–Crippen LogP) is 2.11. The Labute approximate surface area is 109 Å². The number of hydrogen-bond acceptors (Lipinski definition) is 4. The molecular weight excluding hydrogens is 224 g/mol. The molecule has 1 N–H and O–H groups in total. The van der Waals surface area contributed by atoms with Gasteiger partial charge in [-0.05, 0) is 25.7 Å². The third kappa shape index (κ3) is 2.80. The number of aromatic nitrogens is 2. The van der Waals surface area contributed by atoms with E-state index in [-0.39, 0.29) is 0 Å². The van der Waals surface area contributed by atoms with Crippen molar-refractivity contribution in [2.24, 2.45) is 0 Å². The number of nitrogens with zero attached hydrogens (tertiary/aromatic N) is 3. The molecule has 2 fully saturated rings. The van der Waals surface area contributed by atoms with E-state index in [1.54, 1.807) is 0 Å². The van der Waals surface area contributed by atoms with Crippen molar-refractivity contribution in [1.29, 1.82) is 0 Å². The molecular formula is C14H22N4. The lowest BCUT2D eigenvalue weighted by Gasteiger charge is -2.24. The first-order chi connectivity index (χ1) is 8.83. The zero-order valence-electron chi connectivity index (χ0n) is 11.1. The van der Waals surface area contributed by atoms with Crippen LogP contribution in [0.2, 0.25) is 0 Å². The van der Waals surface area contributed by atoms with Crippen molar-refractivity contribution in [3.63, 3.8) is 0 Å². The Kier molecular flexibility index (Phi) is 3.46. The number of nitrogens with one attached hydrogen (secondary N) is 1. The van der Waals surface area contributed by atoms with Crippen molar-refractivity contribution < 1.29 is 0 Å². The van der Waals surface area contributed by atoms with Gasteiger partial charge in [0.15, 0.2) is 0 Å². The molecule has 1 aromatic rings. The summed E-state index contributed by atoms with van der Waals surface area (Å²) in [7, 11) is 2.12. The molecule has 0 amide bonds. The van der Waals surface area contributed by atoms with Crippen LogP contribution < -0.4 is 10.2 Å². The van der Waals surface area contributed by atoms with E-state index in [1.807, 2.05) is 12.4 Å². The summed E-state index contributed by atoms with van der Waals surface area (Å²) in [6.07, 6.45) is 11.8. The summed E-state index contributed by atoms with van der Waals surface area (Å²) in [5.41, 5.74) is 1.19. The Hall–Kier alpha value is -1.16. The zero-order valence-corrected chi connectivity index (χ0v) is 11.1. The molecule has 2 saturated carbocycles. The second kappa shape index (κ2) is 5.22. The van der Waals surface area contributed by atoms with Crippen LogP contribution in [0.5, 0.6) is 0 Å². The minimum absolute atomic E-state index is 0.639. The average molecular weight is 246 g/mol. The summed E-state index contributed by atoms with van der Waals surface area (Å²) in [6.45, 7) is 0.901. The molecule has 0 spiro atoms. The normalized spacial score (nSPS) is 20.3. The Morgan fingerprint density at radius 2 is 1.83 bits per heavy atom. The van der Waals surface area contributed by atoms with Crippen molar-refractivity contribution in [3.8, 4) is 0 Å². The van der Waals surface area contributed by atoms with Gasteiger partial charge in [0.25, 0.3) is 0 Å². The van der Waals surface area contributed by atoms with E-state index >= 15 is 0 Å². The van der Waals surface area contributed by atoms with E-state index in [9.17, 15) is 0 Å². The topological polar surface area (TPSA) is 41.1 Å². The summed E-state index contributed by atoms with van der Waals surface area (Å²) in [6, 6.07) is 1.38. The highest BCUT2D eigenvalue weighted by molar-refractivity contribution is 5.30. The van der Waals surface area contributed by atoms with E-state index in [1.165, 1.54) is 44.1 Å². The third-order valence-electron chi connectivity index (χ3n) is 4.05. The van der Waals surface area contributed by atoms with Crippen LogP contribution in [0.3, 0.4) is 0 Å². The molecule has 3 rings (SSSR count). The molecule has 0 aliphatic heterocycles. The van der Waals surface area contributed by atoms with Crippen LogP contribution >= 0.6 is 0 Å². The third-order valence-corrected chi connectivity index (χ3v) is 4.05. The van der Waals surface area contributed by atoms with Gasteiger partial charge in [0, 0.05) is 43.6 Å². The molecule has 1 heterocycles. The van der Waals surface area contributed by atoms with E-state index in [0.717, 1.165) is 18.5 Å². The van der Waals surface area contributed by atoms with Crippen LogP contribution in [-0.4, -0.2) is 29.1 Å². The van der Waals surface area contributed by atoms with Crippen LogP contribution in [0, 0.1) is 0 Å². The fourth-order valence-electron chi connectivity index (χ4n) is 2.63. The molecule has 0 atom stereocenters.